The number of aryl methyl sites for hydroxylation is 1. The molecule has 1 N–H and O–H groups in total. The van der Waals surface area contributed by atoms with Gasteiger partial charge in [-0.05, 0) is 55.8 Å². The van der Waals surface area contributed by atoms with E-state index in [9.17, 15) is 9.59 Å². The number of carbonyl (C=O) groups excluding carboxylic acids is 2. The Morgan fingerprint density at radius 3 is 2.50 bits per heavy atom. The molecule has 0 spiro atoms. The van der Waals surface area contributed by atoms with E-state index in [-0.39, 0.29) is 18.3 Å². The molecule has 7 heteroatoms. The molecule has 30 heavy (non-hydrogen) atoms. The van der Waals surface area contributed by atoms with Crippen molar-refractivity contribution < 1.29 is 19.1 Å². The highest BCUT2D eigenvalue weighted by atomic mass is 16.7. The molecule has 0 unspecified atom stereocenters. The lowest BCUT2D eigenvalue weighted by molar-refractivity contribution is -0.117. The molecule has 3 heterocycles. The zero-order valence-electron chi connectivity index (χ0n) is 16.5. The lowest BCUT2D eigenvalue weighted by atomic mass is 10.1. The van der Waals surface area contributed by atoms with Gasteiger partial charge in [-0.15, -0.1) is 0 Å². The first-order valence-electron chi connectivity index (χ1n) is 9.54. The van der Waals surface area contributed by atoms with E-state index < -0.39 is 5.91 Å². The van der Waals surface area contributed by atoms with Gasteiger partial charge in [0, 0.05) is 23.1 Å². The van der Waals surface area contributed by atoms with Gasteiger partial charge in [0.1, 0.15) is 5.57 Å². The largest absolute Gasteiger partial charge is 0.454 e. The van der Waals surface area contributed by atoms with Crippen LogP contribution >= 0.6 is 0 Å². The summed E-state index contributed by atoms with van der Waals surface area (Å²) in [6.45, 7) is 4.15. The fourth-order valence-corrected chi connectivity index (χ4v) is 3.83. The minimum Gasteiger partial charge on any atom is -0.454 e. The second kappa shape index (κ2) is 6.81. The highest BCUT2D eigenvalue weighted by Crippen LogP contribution is 2.35. The molecule has 2 aliphatic heterocycles. The molecular formula is C23H19N3O4. The smallest absolute Gasteiger partial charge is 0.282 e. The number of anilines is 1. The normalized spacial score (nSPS) is 16.5. The van der Waals surface area contributed by atoms with Crippen molar-refractivity contribution in [2.45, 2.75) is 13.8 Å². The van der Waals surface area contributed by atoms with Crippen LogP contribution < -0.4 is 19.9 Å². The number of para-hydroxylation sites is 1. The van der Waals surface area contributed by atoms with Crippen molar-refractivity contribution in [2.24, 2.45) is 0 Å². The van der Waals surface area contributed by atoms with Gasteiger partial charge in [-0.2, -0.15) is 0 Å². The number of carbonyl (C=O) groups is 2. The third kappa shape index (κ3) is 2.83. The summed E-state index contributed by atoms with van der Waals surface area (Å²) in [5.74, 6) is 0.623. The maximum absolute atomic E-state index is 12.9. The van der Waals surface area contributed by atoms with E-state index in [1.54, 1.807) is 18.2 Å². The van der Waals surface area contributed by atoms with Crippen LogP contribution in [0.2, 0.25) is 0 Å². The monoisotopic (exact) mass is 401 g/mol. The van der Waals surface area contributed by atoms with Crippen molar-refractivity contribution in [1.82, 2.24) is 9.99 Å². The molecule has 0 bridgehead atoms. The van der Waals surface area contributed by atoms with E-state index in [2.05, 4.69) is 9.99 Å². The van der Waals surface area contributed by atoms with Crippen molar-refractivity contribution in [3.63, 3.8) is 0 Å². The molecule has 0 radical (unpaired) electrons. The van der Waals surface area contributed by atoms with Gasteiger partial charge in [0.15, 0.2) is 11.5 Å². The topological polar surface area (TPSA) is 72.8 Å². The van der Waals surface area contributed by atoms with Crippen LogP contribution in [0.5, 0.6) is 11.5 Å². The Kier molecular flexibility index (Phi) is 4.10. The van der Waals surface area contributed by atoms with Gasteiger partial charge in [0.2, 0.25) is 6.79 Å². The number of ether oxygens (including phenoxy) is 2. The highest BCUT2D eigenvalue weighted by molar-refractivity contribution is 6.31. The average Bonchev–Trinajstić information content (AvgIpc) is 3.40. The lowest BCUT2D eigenvalue weighted by Gasteiger charge is -2.13. The first-order valence-corrected chi connectivity index (χ1v) is 9.54. The second-order valence-corrected chi connectivity index (χ2v) is 7.17. The molecule has 7 nitrogen and oxygen atoms in total. The molecule has 2 amide bonds. The predicted molar refractivity (Wildman–Crippen MR) is 111 cm³/mol. The predicted octanol–water partition coefficient (Wildman–Crippen LogP) is 3.28. The molecule has 0 atom stereocenters. The maximum Gasteiger partial charge on any atom is 0.282 e. The van der Waals surface area contributed by atoms with Crippen molar-refractivity contribution in [1.29, 1.82) is 0 Å². The van der Waals surface area contributed by atoms with Crippen molar-refractivity contribution in [3.05, 3.63) is 77.1 Å². The molecule has 5 rings (SSSR count). The summed E-state index contributed by atoms with van der Waals surface area (Å²) >= 11 is 0. The van der Waals surface area contributed by atoms with Gasteiger partial charge in [-0.3, -0.25) is 15.0 Å². The zero-order valence-corrected chi connectivity index (χ0v) is 16.5. The summed E-state index contributed by atoms with van der Waals surface area (Å²) in [7, 11) is 0. The van der Waals surface area contributed by atoms with Crippen LogP contribution in [-0.4, -0.2) is 23.2 Å². The van der Waals surface area contributed by atoms with Crippen molar-refractivity contribution in [3.8, 4) is 17.2 Å². The number of hydrogen-bond donors (Lipinski definition) is 1. The summed E-state index contributed by atoms with van der Waals surface area (Å²) in [6.07, 6.45) is 1.65. The van der Waals surface area contributed by atoms with E-state index in [1.165, 1.54) is 5.01 Å². The van der Waals surface area contributed by atoms with Crippen LogP contribution in [0.3, 0.4) is 0 Å². The van der Waals surface area contributed by atoms with Gasteiger partial charge in [-0.1, -0.05) is 18.2 Å². The second-order valence-electron chi connectivity index (χ2n) is 7.17. The zero-order chi connectivity index (χ0) is 20.8. The van der Waals surface area contributed by atoms with E-state index in [0.29, 0.717) is 11.4 Å². The molecule has 2 aromatic carbocycles. The molecule has 150 valence electrons. The van der Waals surface area contributed by atoms with Crippen molar-refractivity contribution >= 4 is 23.6 Å². The molecule has 0 saturated carbocycles. The Bertz CT molecular complexity index is 1210. The van der Waals surface area contributed by atoms with Gasteiger partial charge in [-0.25, -0.2) is 5.01 Å². The summed E-state index contributed by atoms with van der Waals surface area (Å²) in [4.78, 5) is 25.4. The molecular weight excluding hydrogens is 382 g/mol. The van der Waals surface area contributed by atoms with Crippen LogP contribution in [-0.2, 0) is 9.59 Å². The molecule has 1 fully saturated rings. The van der Waals surface area contributed by atoms with Crippen LogP contribution in [0.25, 0.3) is 11.8 Å². The van der Waals surface area contributed by atoms with Crippen LogP contribution in [0.1, 0.15) is 17.0 Å². The minimum atomic E-state index is -0.420. The van der Waals surface area contributed by atoms with E-state index in [4.69, 9.17) is 9.47 Å². The molecule has 0 aliphatic carbocycles. The summed E-state index contributed by atoms with van der Waals surface area (Å²) < 4.78 is 12.9. The van der Waals surface area contributed by atoms with Crippen LogP contribution in [0, 0.1) is 13.8 Å². The number of amides is 2. The van der Waals surface area contributed by atoms with Gasteiger partial charge >= 0.3 is 0 Å². The average molecular weight is 401 g/mol. The number of fused-ring (bicyclic) bond motifs is 1. The minimum absolute atomic E-state index is 0.102. The Hall–Kier alpha value is -4.00. The summed E-state index contributed by atoms with van der Waals surface area (Å²) in [5, 5.41) is 1.27. The first-order chi connectivity index (χ1) is 14.5. The maximum atomic E-state index is 12.9. The third-order valence-electron chi connectivity index (χ3n) is 5.29. The number of rotatable bonds is 3. The van der Waals surface area contributed by atoms with Gasteiger partial charge in [0.25, 0.3) is 11.8 Å². The lowest BCUT2D eigenvalue weighted by Crippen LogP contribution is -2.35. The van der Waals surface area contributed by atoms with E-state index in [1.807, 2.05) is 56.3 Å². The fraction of sp³-hybridized carbons (Fsp3) is 0.130. The number of nitrogens with one attached hydrogen (secondary N) is 1. The number of aromatic nitrogens is 1. The quantitative estimate of drug-likeness (QED) is 0.540. The first kappa shape index (κ1) is 18.1. The number of hydrazine groups is 1. The standard InChI is InChI=1S/C23H19N3O4/c1-14-10-16(15(2)25(14)18-8-9-20-21(12-18)30-13-29-20)11-19-22(27)24-26(23(19)28)17-6-4-3-5-7-17/h3-12H,13H2,1-2H3,(H,24,27)/b19-11-. The molecule has 1 saturated heterocycles. The van der Waals surface area contributed by atoms with E-state index >= 15 is 0 Å². The van der Waals surface area contributed by atoms with Gasteiger partial charge in [0.05, 0.1) is 5.69 Å². The third-order valence-corrected chi connectivity index (χ3v) is 5.29. The summed E-state index contributed by atoms with van der Waals surface area (Å²) in [5.41, 5.74) is 6.97. The van der Waals surface area contributed by atoms with Gasteiger partial charge < -0.3 is 14.0 Å². The molecule has 3 aromatic rings. The van der Waals surface area contributed by atoms with Crippen LogP contribution in [0.15, 0.2) is 60.2 Å². The number of hydrogen-bond acceptors (Lipinski definition) is 4. The Labute approximate surface area is 173 Å². The number of benzene rings is 2. The fourth-order valence-electron chi connectivity index (χ4n) is 3.83. The number of nitrogens with zero attached hydrogens (tertiary/aromatic N) is 2. The SMILES string of the molecule is Cc1cc(/C=C2/C(=O)NN(c3ccccc3)C2=O)c(C)n1-c1ccc2c(c1)OCO2. The van der Waals surface area contributed by atoms with E-state index in [0.717, 1.165) is 28.4 Å². The summed E-state index contributed by atoms with van der Waals surface area (Å²) in [6, 6.07) is 16.7. The van der Waals surface area contributed by atoms with Crippen molar-refractivity contribution in [2.75, 3.05) is 11.8 Å². The van der Waals surface area contributed by atoms with Crippen LogP contribution in [0.4, 0.5) is 5.69 Å². The molecule has 1 aromatic heterocycles. The molecule has 2 aliphatic rings. The Balaban J connectivity index is 1.51. The highest BCUT2D eigenvalue weighted by Gasteiger charge is 2.34. The Morgan fingerprint density at radius 1 is 0.933 bits per heavy atom. The Morgan fingerprint density at radius 2 is 1.70 bits per heavy atom.